The number of aryl methyl sites for hydroxylation is 1. The van der Waals surface area contributed by atoms with Crippen molar-refractivity contribution < 1.29 is 9.50 Å². The van der Waals surface area contributed by atoms with Gasteiger partial charge < -0.3 is 5.11 Å². The van der Waals surface area contributed by atoms with Gasteiger partial charge in [-0.3, -0.25) is 0 Å². The Balaban J connectivity index is 2.34. The second-order valence-electron chi connectivity index (χ2n) is 3.59. The number of aliphatic hydroxyl groups excluding tert-OH is 1. The normalized spacial score (nSPS) is 12.4. The predicted molar refractivity (Wildman–Crippen MR) is 57.2 cm³/mol. The van der Waals surface area contributed by atoms with E-state index in [1.165, 1.54) is 18.5 Å². The minimum absolute atomic E-state index is 0.274. The average Bonchev–Trinajstić information content (AvgIpc) is 2.33. The Labute approximate surface area is 92.6 Å². The summed E-state index contributed by atoms with van der Waals surface area (Å²) < 4.78 is 13.1. The number of hydrogen-bond donors (Lipinski definition) is 1. The zero-order valence-electron chi connectivity index (χ0n) is 8.76. The summed E-state index contributed by atoms with van der Waals surface area (Å²) in [6.07, 6.45) is 2.20. The highest BCUT2D eigenvalue weighted by atomic mass is 19.1. The third kappa shape index (κ3) is 2.06. The highest BCUT2D eigenvalue weighted by molar-refractivity contribution is 5.31. The first kappa shape index (κ1) is 10.7. The molecule has 0 bridgehead atoms. The van der Waals surface area contributed by atoms with Crippen molar-refractivity contribution in [3.8, 4) is 0 Å². The lowest BCUT2D eigenvalue weighted by atomic mass is 10.0. The van der Waals surface area contributed by atoms with Crippen molar-refractivity contribution in [1.29, 1.82) is 0 Å². The largest absolute Gasteiger partial charge is 0.384 e. The number of halogens is 1. The van der Waals surface area contributed by atoms with Gasteiger partial charge >= 0.3 is 0 Å². The zero-order chi connectivity index (χ0) is 11.5. The first-order chi connectivity index (χ1) is 7.68. The molecule has 0 spiro atoms. The number of aromatic nitrogens is 2. The summed E-state index contributed by atoms with van der Waals surface area (Å²) in [5.74, 6) is -0.274. The summed E-state index contributed by atoms with van der Waals surface area (Å²) in [4.78, 5) is 0. The minimum Gasteiger partial charge on any atom is -0.384 e. The summed E-state index contributed by atoms with van der Waals surface area (Å²) in [7, 11) is 0. The molecule has 2 rings (SSSR count). The second kappa shape index (κ2) is 4.37. The third-order valence-electron chi connectivity index (χ3n) is 2.42. The van der Waals surface area contributed by atoms with E-state index in [0.717, 1.165) is 0 Å². The van der Waals surface area contributed by atoms with E-state index in [0.29, 0.717) is 16.7 Å². The van der Waals surface area contributed by atoms with E-state index < -0.39 is 6.10 Å². The topological polar surface area (TPSA) is 46.0 Å². The molecule has 0 aliphatic carbocycles. The molecular formula is C12H11FN2O. The standard InChI is InChI=1S/C12H11FN2O/c1-8-6-9(2-3-11(8)13)12(16)10-4-5-14-15-7-10/h2-7,12,16H,1H3. The summed E-state index contributed by atoms with van der Waals surface area (Å²) in [6, 6.07) is 6.21. The van der Waals surface area contributed by atoms with Gasteiger partial charge in [-0.25, -0.2) is 4.39 Å². The van der Waals surface area contributed by atoms with Crippen LogP contribution < -0.4 is 0 Å². The minimum atomic E-state index is -0.796. The molecule has 0 aliphatic heterocycles. The van der Waals surface area contributed by atoms with Crippen LogP contribution in [0.2, 0.25) is 0 Å². The monoisotopic (exact) mass is 218 g/mol. The Kier molecular flexibility index (Phi) is 2.92. The van der Waals surface area contributed by atoms with Gasteiger partial charge in [0.1, 0.15) is 11.9 Å². The predicted octanol–water partition coefficient (Wildman–Crippen LogP) is 2.01. The summed E-state index contributed by atoms with van der Waals surface area (Å²) in [5, 5.41) is 17.3. The molecule has 0 fully saturated rings. The van der Waals surface area contributed by atoms with E-state index in [4.69, 9.17) is 0 Å². The van der Waals surface area contributed by atoms with Crippen LogP contribution in [-0.4, -0.2) is 15.3 Å². The summed E-state index contributed by atoms with van der Waals surface area (Å²) in [5.41, 5.74) is 1.80. The fourth-order valence-electron chi connectivity index (χ4n) is 1.49. The summed E-state index contributed by atoms with van der Waals surface area (Å²) >= 11 is 0. The van der Waals surface area contributed by atoms with Gasteiger partial charge in [0, 0.05) is 11.8 Å². The molecule has 0 amide bonds. The molecule has 1 N–H and O–H groups in total. The molecule has 1 unspecified atom stereocenters. The maximum atomic E-state index is 13.1. The van der Waals surface area contributed by atoms with Gasteiger partial charge in [0.25, 0.3) is 0 Å². The van der Waals surface area contributed by atoms with Gasteiger partial charge in [-0.05, 0) is 30.2 Å². The van der Waals surface area contributed by atoms with Crippen molar-refractivity contribution in [2.75, 3.05) is 0 Å². The lowest BCUT2D eigenvalue weighted by Gasteiger charge is -2.11. The molecule has 82 valence electrons. The van der Waals surface area contributed by atoms with Crippen LogP contribution in [-0.2, 0) is 0 Å². The van der Waals surface area contributed by atoms with E-state index in [-0.39, 0.29) is 5.82 Å². The smallest absolute Gasteiger partial charge is 0.126 e. The first-order valence-corrected chi connectivity index (χ1v) is 4.89. The van der Waals surface area contributed by atoms with Crippen molar-refractivity contribution in [1.82, 2.24) is 10.2 Å². The van der Waals surface area contributed by atoms with Crippen LogP contribution in [0.1, 0.15) is 22.8 Å². The highest BCUT2D eigenvalue weighted by Gasteiger charge is 2.11. The Morgan fingerprint density at radius 1 is 1.19 bits per heavy atom. The van der Waals surface area contributed by atoms with Crippen molar-refractivity contribution in [3.05, 3.63) is 59.2 Å². The van der Waals surface area contributed by atoms with Crippen LogP contribution in [0, 0.1) is 12.7 Å². The number of aliphatic hydroxyl groups is 1. The van der Waals surface area contributed by atoms with E-state index in [1.807, 2.05) is 0 Å². The van der Waals surface area contributed by atoms with Gasteiger partial charge in [0.2, 0.25) is 0 Å². The van der Waals surface area contributed by atoms with Gasteiger partial charge in [0.05, 0.1) is 6.20 Å². The van der Waals surface area contributed by atoms with Crippen LogP contribution in [0.15, 0.2) is 36.7 Å². The number of nitrogens with zero attached hydrogens (tertiary/aromatic N) is 2. The molecule has 0 saturated heterocycles. The number of rotatable bonds is 2. The zero-order valence-corrected chi connectivity index (χ0v) is 8.76. The molecule has 1 atom stereocenters. The lowest BCUT2D eigenvalue weighted by molar-refractivity contribution is 0.219. The molecule has 0 aliphatic rings. The second-order valence-corrected chi connectivity index (χ2v) is 3.59. The summed E-state index contributed by atoms with van der Waals surface area (Å²) in [6.45, 7) is 1.66. The van der Waals surface area contributed by atoms with E-state index in [1.54, 1.807) is 25.1 Å². The Bertz CT molecular complexity index is 488. The molecule has 0 saturated carbocycles. The maximum Gasteiger partial charge on any atom is 0.126 e. The van der Waals surface area contributed by atoms with Gasteiger partial charge in [-0.1, -0.05) is 12.1 Å². The van der Waals surface area contributed by atoms with E-state index >= 15 is 0 Å². The molecule has 3 nitrogen and oxygen atoms in total. The lowest BCUT2D eigenvalue weighted by Crippen LogP contribution is -2.01. The molecule has 16 heavy (non-hydrogen) atoms. The molecule has 1 aromatic heterocycles. The van der Waals surface area contributed by atoms with Crippen LogP contribution >= 0.6 is 0 Å². The van der Waals surface area contributed by atoms with Crippen LogP contribution in [0.4, 0.5) is 4.39 Å². The Morgan fingerprint density at radius 2 is 2.00 bits per heavy atom. The van der Waals surface area contributed by atoms with Crippen molar-refractivity contribution >= 4 is 0 Å². The number of benzene rings is 1. The molecule has 4 heteroatoms. The van der Waals surface area contributed by atoms with Crippen molar-refractivity contribution in [3.63, 3.8) is 0 Å². The quantitative estimate of drug-likeness (QED) is 0.838. The molecule has 2 aromatic rings. The SMILES string of the molecule is Cc1cc(C(O)c2ccnnc2)ccc1F. The van der Waals surface area contributed by atoms with Gasteiger partial charge in [-0.2, -0.15) is 10.2 Å². The molecule has 1 heterocycles. The van der Waals surface area contributed by atoms with Gasteiger partial charge in [0.15, 0.2) is 0 Å². The van der Waals surface area contributed by atoms with Crippen molar-refractivity contribution in [2.24, 2.45) is 0 Å². The molecule has 1 aromatic carbocycles. The highest BCUT2D eigenvalue weighted by Crippen LogP contribution is 2.22. The fourth-order valence-corrected chi connectivity index (χ4v) is 1.49. The van der Waals surface area contributed by atoms with Crippen LogP contribution in [0.3, 0.4) is 0 Å². The molecule has 0 radical (unpaired) electrons. The third-order valence-corrected chi connectivity index (χ3v) is 2.42. The maximum absolute atomic E-state index is 13.1. The van der Waals surface area contributed by atoms with Crippen molar-refractivity contribution in [2.45, 2.75) is 13.0 Å². The van der Waals surface area contributed by atoms with Crippen LogP contribution in [0.5, 0.6) is 0 Å². The van der Waals surface area contributed by atoms with E-state index in [2.05, 4.69) is 10.2 Å². The molecular weight excluding hydrogens is 207 g/mol. The van der Waals surface area contributed by atoms with E-state index in [9.17, 15) is 9.50 Å². The first-order valence-electron chi connectivity index (χ1n) is 4.89. The fraction of sp³-hybridized carbons (Fsp3) is 0.167. The van der Waals surface area contributed by atoms with Crippen LogP contribution in [0.25, 0.3) is 0 Å². The Hall–Kier alpha value is -1.81. The average molecular weight is 218 g/mol. The van der Waals surface area contributed by atoms with Gasteiger partial charge in [-0.15, -0.1) is 0 Å². The number of hydrogen-bond acceptors (Lipinski definition) is 3. The Morgan fingerprint density at radius 3 is 2.62 bits per heavy atom.